The van der Waals surface area contributed by atoms with Crippen LogP contribution in [0.4, 0.5) is 0 Å². The first kappa shape index (κ1) is 12.0. The van der Waals surface area contributed by atoms with Gasteiger partial charge in [0.25, 0.3) is 0 Å². The highest BCUT2D eigenvalue weighted by atomic mass is 16.3. The molecule has 0 aromatic rings. The molecule has 1 aliphatic carbocycles. The Balaban J connectivity index is 2.08. The van der Waals surface area contributed by atoms with Crippen LogP contribution in [0.1, 0.15) is 44.9 Å². The molecule has 0 unspecified atom stereocenters. The highest BCUT2D eigenvalue weighted by molar-refractivity contribution is 4.91. The fourth-order valence-electron chi connectivity index (χ4n) is 2.21. The van der Waals surface area contributed by atoms with Crippen molar-refractivity contribution >= 4 is 0 Å². The molecule has 1 fully saturated rings. The molecule has 1 rings (SSSR count). The Bertz CT molecular complexity index is 144. The Morgan fingerprint density at radius 1 is 1.00 bits per heavy atom. The van der Waals surface area contributed by atoms with Crippen molar-refractivity contribution in [1.82, 2.24) is 5.32 Å². The minimum Gasteiger partial charge on any atom is -0.396 e. The normalized spacial score (nSPS) is 20.1. The average molecular weight is 201 g/mol. The summed E-state index contributed by atoms with van der Waals surface area (Å²) in [6, 6.07) is 0. The number of unbranched alkanes of at least 4 members (excludes halogenated alkanes) is 2. The van der Waals surface area contributed by atoms with Crippen LogP contribution >= 0.6 is 0 Å². The maximum Gasteiger partial charge on any atom is 0.0613 e. The molecule has 0 aromatic carbocycles. The number of rotatable bonds is 7. The number of aliphatic hydroxyl groups is 2. The zero-order chi connectivity index (χ0) is 10.3. The monoisotopic (exact) mass is 201 g/mol. The number of hydrogen-bond acceptors (Lipinski definition) is 3. The van der Waals surface area contributed by atoms with E-state index >= 15 is 0 Å². The van der Waals surface area contributed by atoms with Gasteiger partial charge < -0.3 is 15.5 Å². The van der Waals surface area contributed by atoms with Gasteiger partial charge in [-0.05, 0) is 38.6 Å². The number of hydrogen-bond donors (Lipinski definition) is 3. The molecule has 0 amide bonds. The van der Waals surface area contributed by atoms with Crippen LogP contribution in [0.25, 0.3) is 0 Å². The topological polar surface area (TPSA) is 52.5 Å². The Labute approximate surface area is 86.5 Å². The lowest BCUT2D eigenvalue weighted by molar-refractivity contribution is 0.163. The predicted molar refractivity (Wildman–Crippen MR) is 57.2 cm³/mol. The van der Waals surface area contributed by atoms with Crippen molar-refractivity contribution in [3.63, 3.8) is 0 Å². The summed E-state index contributed by atoms with van der Waals surface area (Å²) in [4.78, 5) is 0. The summed E-state index contributed by atoms with van der Waals surface area (Å²) >= 11 is 0. The van der Waals surface area contributed by atoms with Gasteiger partial charge in [-0.2, -0.15) is 0 Å². The third kappa shape index (κ3) is 3.56. The van der Waals surface area contributed by atoms with E-state index < -0.39 is 0 Å². The van der Waals surface area contributed by atoms with E-state index in [2.05, 4.69) is 5.32 Å². The highest BCUT2D eigenvalue weighted by Gasteiger charge is 2.31. The lowest BCUT2D eigenvalue weighted by atomic mass is 9.99. The van der Waals surface area contributed by atoms with Gasteiger partial charge in [-0.15, -0.1) is 0 Å². The summed E-state index contributed by atoms with van der Waals surface area (Å²) in [5.74, 6) is 0. The molecule has 0 radical (unpaired) electrons. The second kappa shape index (κ2) is 6.38. The average Bonchev–Trinajstić information content (AvgIpc) is 2.67. The van der Waals surface area contributed by atoms with Crippen molar-refractivity contribution in [2.75, 3.05) is 19.8 Å². The van der Waals surface area contributed by atoms with E-state index in [4.69, 9.17) is 5.11 Å². The van der Waals surface area contributed by atoms with Crippen LogP contribution in [-0.4, -0.2) is 35.5 Å². The van der Waals surface area contributed by atoms with Gasteiger partial charge in [-0.3, -0.25) is 0 Å². The van der Waals surface area contributed by atoms with E-state index in [-0.39, 0.29) is 12.1 Å². The maximum atomic E-state index is 9.32. The van der Waals surface area contributed by atoms with E-state index in [0.29, 0.717) is 6.61 Å². The van der Waals surface area contributed by atoms with Gasteiger partial charge in [-0.1, -0.05) is 12.8 Å². The standard InChI is InChI=1S/C11H23NO2/c13-9-5-1-4-8-12-11(10-14)6-2-3-7-11/h12-14H,1-10H2. The van der Waals surface area contributed by atoms with E-state index in [1.807, 2.05) is 0 Å². The van der Waals surface area contributed by atoms with Crippen molar-refractivity contribution < 1.29 is 10.2 Å². The molecular formula is C11H23NO2. The van der Waals surface area contributed by atoms with E-state index in [0.717, 1.165) is 38.6 Å². The van der Waals surface area contributed by atoms with Crippen LogP contribution in [0.3, 0.4) is 0 Å². The third-order valence-electron chi connectivity index (χ3n) is 3.20. The zero-order valence-corrected chi connectivity index (χ0v) is 8.97. The van der Waals surface area contributed by atoms with Crippen molar-refractivity contribution in [3.05, 3.63) is 0 Å². The maximum absolute atomic E-state index is 9.32. The van der Waals surface area contributed by atoms with E-state index in [1.54, 1.807) is 0 Å². The molecule has 0 spiro atoms. The first-order valence-electron chi connectivity index (χ1n) is 5.80. The summed E-state index contributed by atoms with van der Waals surface area (Å²) in [6.45, 7) is 1.54. The van der Waals surface area contributed by atoms with Crippen LogP contribution in [0.5, 0.6) is 0 Å². The smallest absolute Gasteiger partial charge is 0.0613 e. The fourth-order valence-corrected chi connectivity index (χ4v) is 2.21. The molecule has 84 valence electrons. The predicted octanol–water partition coefficient (Wildman–Crippen LogP) is 1.04. The van der Waals surface area contributed by atoms with Crippen LogP contribution in [0.2, 0.25) is 0 Å². The molecule has 0 aliphatic heterocycles. The minimum absolute atomic E-state index is 0.0270. The van der Waals surface area contributed by atoms with Crippen molar-refractivity contribution in [3.8, 4) is 0 Å². The van der Waals surface area contributed by atoms with Crippen LogP contribution in [0.15, 0.2) is 0 Å². The first-order valence-corrected chi connectivity index (χ1v) is 5.80. The van der Waals surface area contributed by atoms with Gasteiger partial charge in [0.1, 0.15) is 0 Å². The third-order valence-corrected chi connectivity index (χ3v) is 3.20. The molecule has 14 heavy (non-hydrogen) atoms. The quantitative estimate of drug-likeness (QED) is 0.540. The Morgan fingerprint density at radius 2 is 1.71 bits per heavy atom. The van der Waals surface area contributed by atoms with Gasteiger partial charge >= 0.3 is 0 Å². The summed E-state index contributed by atoms with van der Waals surface area (Å²) < 4.78 is 0. The van der Waals surface area contributed by atoms with E-state index in [1.165, 1.54) is 12.8 Å². The van der Waals surface area contributed by atoms with Gasteiger partial charge in [0.15, 0.2) is 0 Å². The van der Waals surface area contributed by atoms with Gasteiger partial charge in [-0.25, -0.2) is 0 Å². The van der Waals surface area contributed by atoms with Crippen LogP contribution < -0.4 is 5.32 Å². The van der Waals surface area contributed by atoms with Gasteiger partial charge in [0.2, 0.25) is 0 Å². The Morgan fingerprint density at radius 3 is 2.29 bits per heavy atom. The van der Waals surface area contributed by atoms with Crippen molar-refractivity contribution in [2.45, 2.75) is 50.5 Å². The summed E-state index contributed by atoms with van der Waals surface area (Å²) in [7, 11) is 0. The highest BCUT2D eigenvalue weighted by Crippen LogP contribution is 2.28. The second-order valence-electron chi connectivity index (χ2n) is 4.36. The van der Waals surface area contributed by atoms with Crippen LogP contribution in [0, 0.1) is 0 Å². The van der Waals surface area contributed by atoms with Crippen molar-refractivity contribution in [2.24, 2.45) is 0 Å². The molecule has 3 nitrogen and oxygen atoms in total. The molecule has 0 heterocycles. The molecule has 1 aliphatic rings. The summed E-state index contributed by atoms with van der Waals surface area (Å²) in [5.41, 5.74) is 0.0270. The molecule has 0 bridgehead atoms. The second-order valence-corrected chi connectivity index (χ2v) is 4.36. The molecule has 0 saturated heterocycles. The lowest BCUT2D eigenvalue weighted by Gasteiger charge is -2.28. The molecule has 3 heteroatoms. The fraction of sp³-hybridized carbons (Fsp3) is 1.00. The van der Waals surface area contributed by atoms with Gasteiger partial charge in [0, 0.05) is 12.1 Å². The largest absolute Gasteiger partial charge is 0.396 e. The molecule has 3 N–H and O–H groups in total. The summed E-state index contributed by atoms with van der Waals surface area (Å²) in [6.07, 6.45) is 7.78. The Kier molecular flexibility index (Phi) is 5.45. The SMILES string of the molecule is OCCCCCNC1(CO)CCCC1. The van der Waals surface area contributed by atoms with Gasteiger partial charge in [0.05, 0.1) is 6.61 Å². The van der Waals surface area contributed by atoms with E-state index in [9.17, 15) is 5.11 Å². The number of nitrogens with one attached hydrogen (secondary N) is 1. The zero-order valence-electron chi connectivity index (χ0n) is 8.97. The van der Waals surface area contributed by atoms with Crippen molar-refractivity contribution in [1.29, 1.82) is 0 Å². The Hall–Kier alpha value is -0.120. The molecule has 0 atom stereocenters. The minimum atomic E-state index is 0.0270. The van der Waals surface area contributed by atoms with Crippen LogP contribution in [-0.2, 0) is 0 Å². The molecule has 1 saturated carbocycles. The number of aliphatic hydroxyl groups excluding tert-OH is 2. The molecule has 0 aromatic heterocycles. The first-order chi connectivity index (χ1) is 6.83. The lowest BCUT2D eigenvalue weighted by Crippen LogP contribution is -2.46. The summed E-state index contributed by atoms with van der Waals surface area (Å²) in [5, 5.41) is 21.4. The molecular weight excluding hydrogens is 178 g/mol.